The molecule has 0 spiro atoms. The molecule has 2 N–H and O–H groups in total. The van der Waals surface area contributed by atoms with E-state index >= 15 is 0 Å². The Bertz CT molecular complexity index is 4980. The number of benzene rings is 10. The lowest BCUT2D eigenvalue weighted by molar-refractivity contribution is -0.168. The largest absolute Gasteiger partial charge is 0.399 e. The molecule has 644 valence electrons. The molecule has 0 aliphatic rings. The standard InChI is InChI=1S/C25H22Cl2N2O.C19H21ClO.C12H15BrO.C12H16O.C7H7Br.C7H4ClNO.C7H15NO2.C6H6ClN.C5H9ClO/c1-3-5-23-24(18-7-4-6-17(2)16-18)29(22-14-10-20(27)11-15-22)25(30)28(23)21-12-8-19(26)9-13-21;1-3-5-16(13-15-8-10-18(20)11-9-15)19(21)17-7-4-6-14(2)12-17;1-3-5-11(13)12(14)10-7-4-6-9(2)8-10;1-3-4-8-12(13)11-7-5-6-10(2)9-11;1-6-3-2-4-7(8)5-6;8-6-1-3-7(4-2-6)9-5-10;1-4-5-6-7(9)8(2)10-3;7-5-1-3-6(8)4-2-5;1-2-3-4-5(6)7/h4,6-16H,3,5H2,1-2H3;4,6-12,16H,3,5,13H2,1-2H3;4,6-8,11H,3,5H2,1-2H3;5-7,9H,3-4,8H2,1-2H3;2-5H,1H3;1-4H;4-6H2,1-3H3;1-4H,8H2;2-4H2,1H3. The fraction of sp³-hybridized carbons (Fsp3) is 0.310. The number of isocyanates is 1. The molecule has 1 amide bonds. The van der Waals surface area contributed by atoms with E-state index < -0.39 is 0 Å². The molecule has 2 unspecified atom stereocenters. The second kappa shape index (κ2) is 60.7. The number of aromatic nitrogens is 2. The maximum Gasteiger partial charge on any atom is 0.338 e. The van der Waals surface area contributed by atoms with Crippen LogP contribution in [-0.4, -0.2) is 67.8 Å². The molecule has 2 atom stereocenters. The summed E-state index contributed by atoms with van der Waals surface area (Å²) in [5, 5.41) is 4.40. The molecule has 0 fully saturated rings. The molecule has 11 rings (SSSR count). The van der Waals surface area contributed by atoms with Crippen LogP contribution in [0.5, 0.6) is 0 Å². The Kier molecular flexibility index (Phi) is 53.3. The highest BCUT2D eigenvalue weighted by atomic mass is 79.9. The summed E-state index contributed by atoms with van der Waals surface area (Å²) in [6, 6.07) is 76.1. The fourth-order valence-corrected chi connectivity index (χ4v) is 13.6. The van der Waals surface area contributed by atoms with Crippen molar-refractivity contribution >= 4 is 147 Å². The second-order valence-corrected chi connectivity index (χ2v) is 33.0. The number of Topliss-reactive ketones (excluding diaryl/α,β-unsaturated/α-hetero) is 3. The Morgan fingerprint density at radius 1 is 0.488 bits per heavy atom. The quantitative estimate of drug-likeness (QED) is 0.00997. The molecule has 10 aromatic carbocycles. The van der Waals surface area contributed by atoms with Gasteiger partial charge in [-0.05, 0) is 242 Å². The number of amides is 1. The van der Waals surface area contributed by atoms with Gasteiger partial charge in [-0.3, -0.25) is 37.9 Å². The minimum Gasteiger partial charge on any atom is -0.399 e. The monoisotopic (exact) mass is 1880 g/mol. The number of anilines is 1. The number of hydrogen-bond donors (Lipinski definition) is 1. The van der Waals surface area contributed by atoms with Gasteiger partial charge in [0, 0.05) is 89.8 Å². The number of nitrogen functional groups attached to an aromatic ring is 1. The third-order valence-electron chi connectivity index (χ3n) is 18.0. The molecule has 0 radical (unpaired) electrons. The number of imidazole rings is 1. The third-order valence-corrected chi connectivity index (χ3v) is 20.8. The first-order valence-electron chi connectivity index (χ1n) is 40.6. The fourth-order valence-electron chi connectivity index (χ4n) is 11.6. The van der Waals surface area contributed by atoms with Crippen LogP contribution >= 0.6 is 101 Å². The summed E-state index contributed by atoms with van der Waals surface area (Å²) in [6.07, 6.45) is 15.5. The highest BCUT2D eigenvalue weighted by Gasteiger charge is 2.24. The Morgan fingerprint density at radius 2 is 0.901 bits per heavy atom. The first-order chi connectivity index (χ1) is 57.9. The lowest BCUT2D eigenvalue weighted by atomic mass is 9.87. The topological polar surface area (TPSA) is 180 Å². The maximum atomic E-state index is 13.8. The molecular weight excluding hydrogens is 1770 g/mol. The molecule has 1 aromatic heterocycles. The van der Waals surface area contributed by atoms with E-state index in [4.69, 9.17) is 80.2 Å². The minimum absolute atomic E-state index is 0.0331. The van der Waals surface area contributed by atoms with E-state index in [1.54, 1.807) is 64.7 Å². The number of rotatable bonds is 27. The molecule has 0 aliphatic heterocycles. The normalized spacial score (nSPS) is 10.6. The summed E-state index contributed by atoms with van der Waals surface area (Å²) in [6.45, 7) is 22.7. The average molecular weight is 1890 g/mol. The number of hydrogen-bond acceptors (Lipinski definition) is 10. The van der Waals surface area contributed by atoms with Crippen LogP contribution in [0.15, 0.2) is 257 Å². The molecule has 0 aliphatic carbocycles. The Balaban J connectivity index is 0.000000369. The smallest absolute Gasteiger partial charge is 0.338 e. The summed E-state index contributed by atoms with van der Waals surface area (Å²) in [7, 11) is 3.11. The predicted molar refractivity (Wildman–Crippen MR) is 516 cm³/mol. The molecule has 0 saturated heterocycles. The number of carbonyl (C=O) groups is 5. The number of nitrogens with two attached hydrogens (primary N) is 1. The van der Waals surface area contributed by atoms with Crippen molar-refractivity contribution in [3.05, 3.63) is 338 Å². The van der Waals surface area contributed by atoms with Gasteiger partial charge < -0.3 is 5.73 Å². The zero-order valence-electron chi connectivity index (χ0n) is 71.7. The highest BCUT2D eigenvalue weighted by Crippen LogP contribution is 2.32. The highest BCUT2D eigenvalue weighted by molar-refractivity contribution is 9.10. The molecule has 13 nitrogen and oxygen atoms in total. The van der Waals surface area contributed by atoms with Gasteiger partial charge in [0.1, 0.15) is 0 Å². The summed E-state index contributed by atoms with van der Waals surface area (Å²) in [5.41, 5.74) is 20.5. The van der Waals surface area contributed by atoms with Gasteiger partial charge in [-0.15, -0.1) is 0 Å². The molecular formula is C100H115Br2Cl6N5O8. The lowest BCUT2D eigenvalue weighted by Gasteiger charge is -2.15. The van der Waals surface area contributed by atoms with Crippen LogP contribution in [0.3, 0.4) is 0 Å². The number of halogens is 8. The van der Waals surface area contributed by atoms with E-state index in [0.717, 1.165) is 171 Å². The van der Waals surface area contributed by atoms with Crippen LogP contribution in [0.1, 0.15) is 202 Å². The summed E-state index contributed by atoms with van der Waals surface area (Å²) in [4.78, 5) is 88.6. The Morgan fingerprint density at radius 3 is 1.31 bits per heavy atom. The van der Waals surface area contributed by atoms with Gasteiger partial charge in [-0.25, -0.2) is 14.7 Å². The Hall–Kier alpha value is -8.80. The lowest BCUT2D eigenvalue weighted by Crippen LogP contribution is -2.24. The van der Waals surface area contributed by atoms with E-state index in [-0.39, 0.29) is 44.9 Å². The number of unbranched alkanes of at least 4 members (excludes halogenated alkanes) is 3. The van der Waals surface area contributed by atoms with Crippen molar-refractivity contribution in [1.82, 2.24) is 14.2 Å². The molecule has 21 heteroatoms. The number of nitrogens with zero attached hydrogens (tertiary/aromatic N) is 4. The van der Waals surface area contributed by atoms with Gasteiger partial charge in [0.2, 0.25) is 17.2 Å². The summed E-state index contributed by atoms with van der Waals surface area (Å²) in [5.74, 6) is 0.791. The minimum atomic E-state index is -0.221. The van der Waals surface area contributed by atoms with Crippen molar-refractivity contribution in [2.75, 3.05) is 19.9 Å². The van der Waals surface area contributed by atoms with Gasteiger partial charge in [0.25, 0.3) is 0 Å². The molecule has 1 heterocycles. The first kappa shape index (κ1) is 106. The zero-order valence-corrected chi connectivity index (χ0v) is 79.4. The molecule has 11 aromatic rings. The predicted octanol–water partition coefficient (Wildman–Crippen LogP) is 29.6. The van der Waals surface area contributed by atoms with Crippen LogP contribution < -0.4 is 11.4 Å². The third kappa shape index (κ3) is 42.2. The van der Waals surface area contributed by atoms with Crippen LogP contribution in [0.25, 0.3) is 22.6 Å². The van der Waals surface area contributed by atoms with Crippen LogP contribution in [0.2, 0.25) is 25.1 Å². The van der Waals surface area contributed by atoms with Crippen LogP contribution in [0, 0.1) is 40.5 Å². The van der Waals surface area contributed by atoms with Gasteiger partial charge in [-0.2, -0.15) is 4.99 Å². The van der Waals surface area contributed by atoms with Gasteiger partial charge in [0.05, 0.1) is 40.4 Å². The second-order valence-electron chi connectivity index (χ2n) is 28.4. The van der Waals surface area contributed by atoms with E-state index in [9.17, 15) is 33.6 Å². The van der Waals surface area contributed by atoms with Crippen molar-refractivity contribution in [2.45, 2.75) is 184 Å². The molecule has 0 saturated carbocycles. The average Bonchev–Trinajstić information content (AvgIpc) is 1.59. The van der Waals surface area contributed by atoms with Gasteiger partial charge >= 0.3 is 5.69 Å². The Labute approximate surface area is 764 Å². The van der Waals surface area contributed by atoms with Crippen molar-refractivity contribution in [2.24, 2.45) is 10.9 Å². The van der Waals surface area contributed by atoms with Crippen LogP contribution in [0.4, 0.5) is 11.4 Å². The van der Waals surface area contributed by atoms with Crippen molar-refractivity contribution < 1.29 is 33.6 Å². The number of alkyl halides is 1. The number of aryl methyl sites for hydroxylation is 5. The van der Waals surface area contributed by atoms with E-state index in [0.29, 0.717) is 40.0 Å². The van der Waals surface area contributed by atoms with Crippen molar-refractivity contribution in [3.8, 4) is 22.6 Å². The number of ketones is 3. The number of hydroxylamine groups is 2. The first-order valence-corrected chi connectivity index (χ1v) is 44.6. The van der Waals surface area contributed by atoms with E-state index in [2.05, 4.69) is 116 Å². The van der Waals surface area contributed by atoms with Gasteiger partial charge in [0.15, 0.2) is 17.3 Å². The van der Waals surface area contributed by atoms with E-state index in [1.165, 1.54) is 29.4 Å². The van der Waals surface area contributed by atoms with Crippen molar-refractivity contribution in [1.29, 1.82) is 0 Å². The van der Waals surface area contributed by atoms with Gasteiger partial charge in [-0.1, -0.05) is 295 Å². The summed E-state index contributed by atoms with van der Waals surface area (Å²) < 4.78 is 4.73. The van der Waals surface area contributed by atoms with Crippen molar-refractivity contribution in [3.63, 3.8) is 0 Å². The summed E-state index contributed by atoms with van der Waals surface area (Å²) >= 11 is 41.0. The SMILES string of the molecule is CCCC(Br)C(=O)c1cccc(C)c1.CCCC(Cc1ccc(Cl)cc1)C(=O)c1cccc(C)c1.CCCCC(=O)Cl.CCCCC(=O)N(C)OC.CCCCC(=O)c1cccc(C)c1.CCCc1c(-c2cccc(C)c2)n(-c2ccc(Cl)cc2)c(=O)n1-c1ccc(Cl)cc1.Cc1cccc(Br)c1.Nc1ccc(Cl)cc1.O=C=Nc1ccc(Cl)cc1. The number of carbonyl (C=O) groups excluding carboxylic acids is 6. The molecule has 121 heavy (non-hydrogen) atoms. The maximum absolute atomic E-state index is 13.8. The zero-order chi connectivity index (χ0) is 89.8. The molecule has 0 bridgehead atoms. The number of aliphatic imine (C=N–C) groups is 1. The van der Waals surface area contributed by atoms with Crippen LogP contribution in [-0.2, 0) is 32.1 Å². The van der Waals surface area contributed by atoms with E-state index in [1.807, 2.05) is 191 Å².